The smallest absolute Gasteiger partial charge is 0.161 e. The number of benzene rings is 2. The molecular formula is C23H27NO3. The average Bonchev–Trinajstić information content (AvgIpc) is 3.05. The molecule has 1 saturated heterocycles. The topological polar surface area (TPSA) is 41.9 Å². The molecule has 27 heavy (non-hydrogen) atoms. The molecule has 3 atom stereocenters. The normalized spacial score (nSPS) is 27.1. The van der Waals surface area contributed by atoms with E-state index in [0.717, 1.165) is 30.9 Å². The van der Waals surface area contributed by atoms with Gasteiger partial charge in [0.25, 0.3) is 0 Å². The number of allylic oxidation sites excluding steroid dienone is 1. The van der Waals surface area contributed by atoms with E-state index in [1.165, 1.54) is 16.8 Å². The second-order valence-electron chi connectivity index (χ2n) is 7.53. The number of fused-ring (bicyclic) bond motifs is 1. The predicted molar refractivity (Wildman–Crippen MR) is 106 cm³/mol. The van der Waals surface area contributed by atoms with E-state index in [4.69, 9.17) is 9.47 Å². The molecule has 1 fully saturated rings. The van der Waals surface area contributed by atoms with Crippen molar-refractivity contribution in [3.05, 3.63) is 71.4 Å². The van der Waals surface area contributed by atoms with Crippen LogP contribution in [0.1, 0.15) is 29.9 Å². The zero-order valence-electron chi connectivity index (χ0n) is 16.2. The summed E-state index contributed by atoms with van der Waals surface area (Å²) in [5.41, 5.74) is 3.53. The van der Waals surface area contributed by atoms with Gasteiger partial charge in [0, 0.05) is 30.6 Å². The van der Waals surface area contributed by atoms with Crippen molar-refractivity contribution in [2.24, 2.45) is 0 Å². The highest BCUT2D eigenvalue weighted by Gasteiger charge is 2.52. The fraction of sp³-hybridized carbons (Fsp3) is 0.391. The lowest BCUT2D eigenvalue weighted by atomic mass is 9.61. The first-order valence-corrected chi connectivity index (χ1v) is 9.49. The van der Waals surface area contributed by atoms with Gasteiger partial charge in [0.05, 0.1) is 20.3 Å². The molecule has 142 valence electrons. The first-order valence-electron chi connectivity index (χ1n) is 9.49. The highest BCUT2D eigenvalue weighted by Crippen LogP contribution is 2.56. The molecular weight excluding hydrogens is 338 g/mol. The molecule has 0 unspecified atom stereocenters. The van der Waals surface area contributed by atoms with Crippen molar-refractivity contribution < 1.29 is 14.6 Å². The number of rotatable bonds is 4. The van der Waals surface area contributed by atoms with Gasteiger partial charge in [-0.25, -0.2) is 0 Å². The number of likely N-dealkylation sites (N-methyl/N-ethyl adjacent to an activating group) is 1. The summed E-state index contributed by atoms with van der Waals surface area (Å²) >= 11 is 0. The van der Waals surface area contributed by atoms with Crippen LogP contribution in [0, 0.1) is 0 Å². The third-order valence-corrected chi connectivity index (χ3v) is 6.23. The van der Waals surface area contributed by atoms with Crippen molar-refractivity contribution >= 4 is 0 Å². The van der Waals surface area contributed by atoms with E-state index in [0.29, 0.717) is 0 Å². The second kappa shape index (κ2) is 6.93. The fourth-order valence-corrected chi connectivity index (χ4v) is 4.97. The molecule has 0 bridgehead atoms. The van der Waals surface area contributed by atoms with Crippen LogP contribution in [0.15, 0.2) is 60.3 Å². The Morgan fingerprint density at radius 2 is 1.78 bits per heavy atom. The summed E-state index contributed by atoms with van der Waals surface area (Å²) in [4.78, 5) is 2.29. The lowest BCUT2D eigenvalue weighted by Gasteiger charge is -2.44. The van der Waals surface area contributed by atoms with Gasteiger partial charge in [-0.15, -0.1) is 0 Å². The molecule has 4 heteroatoms. The molecule has 2 aromatic carbocycles. The van der Waals surface area contributed by atoms with Gasteiger partial charge < -0.3 is 19.5 Å². The zero-order valence-corrected chi connectivity index (χ0v) is 16.2. The first-order chi connectivity index (χ1) is 13.1. The Labute approximate surface area is 161 Å². The van der Waals surface area contributed by atoms with Crippen LogP contribution in [0.5, 0.6) is 11.5 Å². The molecule has 0 amide bonds. The molecule has 1 heterocycles. The van der Waals surface area contributed by atoms with E-state index >= 15 is 0 Å². The highest BCUT2D eigenvalue weighted by molar-refractivity contribution is 5.52. The summed E-state index contributed by atoms with van der Waals surface area (Å²) in [6.07, 6.45) is 3.34. The van der Waals surface area contributed by atoms with E-state index in [1.807, 2.05) is 18.2 Å². The number of hydrogen-bond acceptors (Lipinski definition) is 4. The highest BCUT2D eigenvalue weighted by atomic mass is 16.5. The summed E-state index contributed by atoms with van der Waals surface area (Å²) in [7, 11) is 5.46. The number of aliphatic hydroxyl groups is 1. The number of nitrogens with zero attached hydrogens (tertiary/aromatic N) is 1. The molecule has 0 spiro atoms. The van der Waals surface area contributed by atoms with E-state index < -0.39 is 6.10 Å². The molecule has 1 N–H and O–H groups in total. The minimum atomic E-state index is -0.431. The average molecular weight is 365 g/mol. The maximum absolute atomic E-state index is 10.6. The predicted octanol–water partition coefficient (Wildman–Crippen LogP) is 3.71. The quantitative estimate of drug-likeness (QED) is 0.897. The van der Waals surface area contributed by atoms with Gasteiger partial charge >= 0.3 is 0 Å². The summed E-state index contributed by atoms with van der Waals surface area (Å²) < 4.78 is 11.0. The Morgan fingerprint density at radius 3 is 2.48 bits per heavy atom. The lowest BCUT2D eigenvalue weighted by molar-refractivity contribution is 0.165. The Hall–Kier alpha value is -2.46. The monoisotopic (exact) mass is 365 g/mol. The van der Waals surface area contributed by atoms with Crippen LogP contribution in [0.25, 0.3) is 0 Å². The molecule has 0 saturated carbocycles. The second-order valence-corrected chi connectivity index (χ2v) is 7.53. The molecule has 2 aromatic rings. The fourth-order valence-electron chi connectivity index (χ4n) is 4.97. The van der Waals surface area contributed by atoms with Gasteiger partial charge in [0.1, 0.15) is 0 Å². The van der Waals surface area contributed by atoms with Gasteiger partial charge in [-0.3, -0.25) is 0 Å². The number of methoxy groups -OCH3 is 2. The minimum Gasteiger partial charge on any atom is -0.493 e. The first kappa shape index (κ1) is 17.9. The van der Waals surface area contributed by atoms with E-state index in [-0.39, 0.29) is 11.3 Å². The van der Waals surface area contributed by atoms with Gasteiger partial charge in [-0.2, -0.15) is 0 Å². The largest absolute Gasteiger partial charge is 0.493 e. The standard InChI is InChI=1S/C23H27NO3/c1-24-12-11-23(17-9-10-20(26-2)21(13-17)27-3)19(14-18(25)15-22(23)24)16-7-5-4-6-8-16/h4-10,13,15,18-19,25H,11-12,14H2,1-3H3/t18-,19+,23-/m0/s1. The van der Waals surface area contributed by atoms with Crippen LogP contribution in [0.4, 0.5) is 0 Å². The van der Waals surface area contributed by atoms with Gasteiger partial charge in [0.2, 0.25) is 0 Å². The molecule has 1 aliphatic carbocycles. The third-order valence-electron chi connectivity index (χ3n) is 6.23. The molecule has 4 rings (SSSR count). The van der Waals surface area contributed by atoms with Crippen LogP contribution in [-0.2, 0) is 5.41 Å². The van der Waals surface area contributed by atoms with E-state index in [1.54, 1.807) is 14.2 Å². The number of hydrogen-bond donors (Lipinski definition) is 1. The van der Waals surface area contributed by atoms with Gasteiger partial charge in [-0.05, 0) is 42.2 Å². The van der Waals surface area contributed by atoms with Crippen LogP contribution in [0.2, 0.25) is 0 Å². The Kier molecular flexibility index (Phi) is 4.60. The van der Waals surface area contributed by atoms with Crippen molar-refractivity contribution in [3.63, 3.8) is 0 Å². The molecule has 1 aliphatic heterocycles. The van der Waals surface area contributed by atoms with Crippen LogP contribution in [-0.4, -0.2) is 43.9 Å². The SMILES string of the molecule is COc1ccc([C@]23CCN(C)C2=C[C@@H](O)C[C@@H]3c2ccccc2)cc1OC. The Bertz CT molecular complexity index is 848. The zero-order chi connectivity index (χ0) is 19.0. The van der Waals surface area contributed by atoms with E-state index in [2.05, 4.69) is 48.3 Å². The molecule has 2 aliphatic rings. The van der Waals surface area contributed by atoms with Gasteiger partial charge in [-0.1, -0.05) is 36.4 Å². The Balaban J connectivity index is 1.92. The van der Waals surface area contributed by atoms with Crippen molar-refractivity contribution in [3.8, 4) is 11.5 Å². The lowest BCUT2D eigenvalue weighted by Crippen LogP contribution is -2.40. The van der Waals surface area contributed by atoms with Crippen molar-refractivity contribution in [2.45, 2.75) is 30.3 Å². The maximum atomic E-state index is 10.6. The van der Waals surface area contributed by atoms with E-state index in [9.17, 15) is 5.11 Å². The molecule has 4 nitrogen and oxygen atoms in total. The minimum absolute atomic E-state index is 0.172. The van der Waals surface area contributed by atoms with Crippen LogP contribution < -0.4 is 9.47 Å². The molecule has 0 radical (unpaired) electrons. The summed E-state index contributed by atoms with van der Waals surface area (Å²) in [6, 6.07) is 16.8. The van der Waals surface area contributed by atoms with Crippen molar-refractivity contribution in [2.75, 3.05) is 27.8 Å². The van der Waals surface area contributed by atoms with Crippen LogP contribution in [0.3, 0.4) is 0 Å². The number of aliphatic hydroxyl groups excluding tert-OH is 1. The van der Waals surface area contributed by atoms with Crippen LogP contribution >= 0.6 is 0 Å². The Morgan fingerprint density at radius 1 is 1.04 bits per heavy atom. The van der Waals surface area contributed by atoms with Crippen molar-refractivity contribution in [1.29, 1.82) is 0 Å². The molecule has 0 aromatic heterocycles. The summed E-state index contributed by atoms with van der Waals surface area (Å²) in [6.45, 7) is 0.968. The number of likely N-dealkylation sites (tertiary alicyclic amines) is 1. The summed E-state index contributed by atoms with van der Waals surface area (Å²) in [5.74, 6) is 1.69. The third kappa shape index (κ3) is 2.79. The maximum Gasteiger partial charge on any atom is 0.161 e. The van der Waals surface area contributed by atoms with Gasteiger partial charge in [0.15, 0.2) is 11.5 Å². The van der Waals surface area contributed by atoms with Crippen molar-refractivity contribution in [1.82, 2.24) is 4.90 Å². The summed E-state index contributed by atoms with van der Waals surface area (Å²) in [5, 5.41) is 10.6. The number of ether oxygens (including phenoxy) is 2.